The largest absolute Gasteiger partial charge is 0.478 e. The Morgan fingerprint density at radius 1 is 1.42 bits per heavy atom. The number of nitrogens with one attached hydrogen (secondary N) is 1. The van der Waals surface area contributed by atoms with Gasteiger partial charge in [-0.2, -0.15) is 5.26 Å². The molecule has 3 amide bonds. The number of urea groups is 1. The van der Waals surface area contributed by atoms with Gasteiger partial charge in [0.15, 0.2) is 12.4 Å². The Balaban J connectivity index is 2.22. The number of fused-ring (bicyclic) bond motifs is 1. The normalized spacial score (nSPS) is 9.84. The Morgan fingerprint density at radius 3 is 2.84 bits per heavy atom. The SMILES string of the molecule is N#Cc1oc2ccccc2c1OCC(=O)NC(N)=O. The zero-order chi connectivity index (χ0) is 13.8. The molecule has 0 bridgehead atoms. The molecule has 3 N–H and O–H groups in total. The van der Waals surface area contributed by atoms with E-state index in [1.54, 1.807) is 24.3 Å². The van der Waals surface area contributed by atoms with Crippen LogP contribution in [0.3, 0.4) is 0 Å². The number of amides is 3. The monoisotopic (exact) mass is 259 g/mol. The highest BCUT2D eigenvalue weighted by Crippen LogP contribution is 2.32. The van der Waals surface area contributed by atoms with Crippen molar-refractivity contribution in [3.05, 3.63) is 30.0 Å². The minimum Gasteiger partial charge on any atom is -0.478 e. The number of imide groups is 1. The van der Waals surface area contributed by atoms with E-state index in [9.17, 15) is 9.59 Å². The second kappa shape index (κ2) is 5.10. The molecular weight excluding hydrogens is 250 g/mol. The second-order valence-electron chi connectivity index (χ2n) is 3.57. The molecule has 0 spiro atoms. The fourth-order valence-electron chi connectivity index (χ4n) is 1.55. The third-order valence-electron chi connectivity index (χ3n) is 2.26. The fourth-order valence-corrected chi connectivity index (χ4v) is 1.55. The molecule has 7 nitrogen and oxygen atoms in total. The van der Waals surface area contributed by atoms with Crippen LogP contribution in [0.2, 0.25) is 0 Å². The Morgan fingerprint density at radius 2 is 2.16 bits per heavy atom. The number of hydrogen-bond donors (Lipinski definition) is 2. The lowest BCUT2D eigenvalue weighted by Crippen LogP contribution is -2.38. The molecule has 7 heteroatoms. The number of nitrogens with two attached hydrogens (primary N) is 1. The number of hydrogen-bond acceptors (Lipinski definition) is 5. The number of nitriles is 1. The average molecular weight is 259 g/mol. The average Bonchev–Trinajstić information content (AvgIpc) is 2.73. The summed E-state index contributed by atoms with van der Waals surface area (Å²) in [6.45, 7) is -0.443. The summed E-state index contributed by atoms with van der Waals surface area (Å²) in [5.41, 5.74) is 5.27. The standard InChI is InChI=1S/C12H9N3O4/c13-5-9-11(18-6-10(16)15-12(14)17)7-3-1-2-4-8(7)19-9/h1-4H,6H2,(H3,14,15,16,17). The number of ether oxygens (including phenoxy) is 1. The maximum absolute atomic E-state index is 11.2. The van der Waals surface area contributed by atoms with Crippen LogP contribution in [0.5, 0.6) is 5.75 Å². The number of nitrogens with zero attached hydrogens (tertiary/aromatic N) is 1. The molecule has 0 atom stereocenters. The molecule has 0 unspecified atom stereocenters. The third-order valence-corrected chi connectivity index (χ3v) is 2.26. The Bertz CT molecular complexity index is 684. The van der Waals surface area contributed by atoms with E-state index in [0.29, 0.717) is 11.0 Å². The van der Waals surface area contributed by atoms with Crippen molar-refractivity contribution >= 4 is 22.9 Å². The van der Waals surface area contributed by atoms with E-state index in [2.05, 4.69) is 0 Å². The topological polar surface area (TPSA) is 118 Å². The maximum atomic E-state index is 11.2. The number of para-hydroxylation sites is 1. The summed E-state index contributed by atoms with van der Waals surface area (Å²) in [6.07, 6.45) is 0. The van der Waals surface area contributed by atoms with Crippen molar-refractivity contribution in [2.45, 2.75) is 0 Å². The minimum atomic E-state index is -0.967. The van der Waals surface area contributed by atoms with Crippen LogP contribution in [-0.2, 0) is 4.79 Å². The lowest BCUT2D eigenvalue weighted by Gasteiger charge is -2.03. The van der Waals surface area contributed by atoms with E-state index in [-0.39, 0.29) is 11.5 Å². The first kappa shape index (κ1) is 12.4. The van der Waals surface area contributed by atoms with Crippen LogP contribution in [-0.4, -0.2) is 18.5 Å². The highest BCUT2D eigenvalue weighted by atomic mass is 16.5. The Labute approximate surface area is 107 Å². The maximum Gasteiger partial charge on any atom is 0.318 e. The highest BCUT2D eigenvalue weighted by molar-refractivity contribution is 5.94. The molecular formula is C12H9N3O4. The fraction of sp³-hybridized carbons (Fsp3) is 0.0833. The summed E-state index contributed by atoms with van der Waals surface area (Å²) in [7, 11) is 0. The van der Waals surface area contributed by atoms with Gasteiger partial charge in [-0.3, -0.25) is 10.1 Å². The van der Waals surface area contributed by atoms with Crippen LogP contribution >= 0.6 is 0 Å². The molecule has 1 heterocycles. The Kier molecular flexibility index (Phi) is 3.34. The zero-order valence-corrected chi connectivity index (χ0v) is 9.67. The minimum absolute atomic E-state index is 0.0342. The van der Waals surface area contributed by atoms with Gasteiger partial charge in [0, 0.05) is 0 Å². The molecule has 0 saturated heterocycles. The molecule has 0 aliphatic carbocycles. The number of primary amides is 1. The highest BCUT2D eigenvalue weighted by Gasteiger charge is 2.16. The smallest absolute Gasteiger partial charge is 0.318 e. The first-order valence-corrected chi connectivity index (χ1v) is 5.25. The zero-order valence-electron chi connectivity index (χ0n) is 9.67. The van der Waals surface area contributed by atoms with Crippen LogP contribution < -0.4 is 15.8 Å². The number of carbonyl (C=O) groups is 2. The lowest BCUT2D eigenvalue weighted by atomic mass is 10.2. The number of rotatable bonds is 3. The number of furan rings is 1. The number of carbonyl (C=O) groups excluding carboxylic acids is 2. The molecule has 1 aromatic heterocycles. The molecule has 0 aliphatic heterocycles. The van der Waals surface area contributed by atoms with E-state index in [4.69, 9.17) is 20.1 Å². The lowest BCUT2D eigenvalue weighted by molar-refractivity contribution is -0.121. The Hall–Kier alpha value is -3.01. The predicted molar refractivity (Wildman–Crippen MR) is 64.2 cm³/mol. The summed E-state index contributed by atoms with van der Waals surface area (Å²) >= 11 is 0. The quantitative estimate of drug-likeness (QED) is 0.847. The molecule has 19 heavy (non-hydrogen) atoms. The van der Waals surface area contributed by atoms with Crippen molar-refractivity contribution in [2.24, 2.45) is 5.73 Å². The predicted octanol–water partition coefficient (Wildman–Crippen LogP) is 0.878. The van der Waals surface area contributed by atoms with E-state index < -0.39 is 18.5 Å². The van der Waals surface area contributed by atoms with Crippen molar-refractivity contribution in [2.75, 3.05) is 6.61 Å². The van der Waals surface area contributed by atoms with Gasteiger partial charge in [0.05, 0.1) is 5.39 Å². The van der Waals surface area contributed by atoms with Gasteiger partial charge in [0.25, 0.3) is 5.91 Å². The summed E-state index contributed by atoms with van der Waals surface area (Å²) in [5, 5.41) is 11.4. The van der Waals surface area contributed by atoms with Crippen LogP contribution in [0, 0.1) is 11.3 Å². The molecule has 2 rings (SSSR count). The second-order valence-corrected chi connectivity index (χ2v) is 3.57. The first-order valence-electron chi connectivity index (χ1n) is 5.25. The molecule has 0 radical (unpaired) electrons. The van der Waals surface area contributed by atoms with E-state index in [1.165, 1.54) is 0 Å². The van der Waals surface area contributed by atoms with Crippen LogP contribution in [0.4, 0.5) is 4.79 Å². The van der Waals surface area contributed by atoms with Crippen molar-refractivity contribution < 1.29 is 18.7 Å². The van der Waals surface area contributed by atoms with Gasteiger partial charge in [-0.1, -0.05) is 12.1 Å². The van der Waals surface area contributed by atoms with Gasteiger partial charge in [-0.05, 0) is 12.1 Å². The first-order chi connectivity index (χ1) is 9.11. The van der Waals surface area contributed by atoms with Gasteiger partial charge in [-0.15, -0.1) is 0 Å². The van der Waals surface area contributed by atoms with Crippen LogP contribution in [0.15, 0.2) is 28.7 Å². The van der Waals surface area contributed by atoms with E-state index in [0.717, 1.165) is 0 Å². The van der Waals surface area contributed by atoms with Gasteiger partial charge in [0.2, 0.25) is 5.76 Å². The van der Waals surface area contributed by atoms with Crippen molar-refractivity contribution in [1.82, 2.24) is 5.32 Å². The summed E-state index contributed by atoms with van der Waals surface area (Å²) in [4.78, 5) is 21.7. The molecule has 96 valence electrons. The summed E-state index contributed by atoms with van der Waals surface area (Å²) < 4.78 is 10.5. The van der Waals surface area contributed by atoms with Gasteiger partial charge < -0.3 is 14.9 Å². The van der Waals surface area contributed by atoms with Crippen molar-refractivity contribution in [3.8, 4) is 11.8 Å². The van der Waals surface area contributed by atoms with Gasteiger partial charge in [-0.25, -0.2) is 4.79 Å². The van der Waals surface area contributed by atoms with E-state index >= 15 is 0 Å². The molecule has 0 aliphatic rings. The summed E-state index contributed by atoms with van der Waals surface area (Å²) in [5.74, 6) is -0.576. The van der Waals surface area contributed by atoms with Crippen molar-refractivity contribution in [1.29, 1.82) is 5.26 Å². The van der Waals surface area contributed by atoms with Gasteiger partial charge in [0.1, 0.15) is 11.7 Å². The number of benzene rings is 1. The van der Waals surface area contributed by atoms with Crippen molar-refractivity contribution in [3.63, 3.8) is 0 Å². The molecule has 1 aromatic carbocycles. The third kappa shape index (κ3) is 2.63. The molecule has 2 aromatic rings. The summed E-state index contributed by atoms with van der Waals surface area (Å²) in [6, 6.07) is 7.73. The molecule has 0 fully saturated rings. The van der Waals surface area contributed by atoms with E-state index in [1.807, 2.05) is 11.4 Å². The van der Waals surface area contributed by atoms with Crippen LogP contribution in [0.1, 0.15) is 5.76 Å². The van der Waals surface area contributed by atoms with Gasteiger partial charge >= 0.3 is 6.03 Å². The van der Waals surface area contributed by atoms with Crippen LogP contribution in [0.25, 0.3) is 11.0 Å². The molecule has 0 saturated carbocycles.